The fraction of sp³-hybridized carbons (Fsp3) is 0.538. The molecule has 0 saturated carbocycles. The fourth-order valence-corrected chi connectivity index (χ4v) is 4.38. The molecular weight excluding hydrogens is 296 g/mol. The van der Waals surface area contributed by atoms with E-state index in [-0.39, 0.29) is 23.2 Å². The molecule has 0 unspecified atom stereocenters. The van der Waals surface area contributed by atoms with Gasteiger partial charge in [0, 0.05) is 30.8 Å². The Kier molecular flexibility index (Phi) is 4.18. The van der Waals surface area contributed by atoms with Gasteiger partial charge in [0.2, 0.25) is 11.5 Å². The topological polar surface area (TPSA) is 101 Å². The number of nitro benzene ring substituents is 1. The summed E-state index contributed by atoms with van der Waals surface area (Å²) in [5.74, 6) is 0. The van der Waals surface area contributed by atoms with Crippen molar-refractivity contribution in [1.82, 2.24) is 4.31 Å². The molecule has 116 valence electrons. The highest BCUT2D eigenvalue weighted by Gasteiger charge is 2.35. The van der Waals surface area contributed by atoms with Crippen LogP contribution in [-0.4, -0.2) is 43.4 Å². The van der Waals surface area contributed by atoms with Crippen molar-refractivity contribution < 1.29 is 18.4 Å². The van der Waals surface area contributed by atoms with Crippen molar-refractivity contribution in [2.75, 3.05) is 13.2 Å². The summed E-state index contributed by atoms with van der Waals surface area (Å²) < 4.78 is 33.5. The number of sulfonamides is 1. The van der Waals surface area contributed by atoms with E-state index in [9.17, 15) is 18.5 Å². The van der Waals surface area contributed by atoms with Crippen LogP contribution in [0.1, 0.15) is 24.8 Å². The normalized spacial score (nSPS) is 20.4. The largest absolute Gasteiger partial charge is 0.396 e. The number of nitro groups is 1. The summed E-state index contributed by atoms with van der Waals surface area (Å²) in [4.78, 5) is 10.3. The van der Waals surface area contributed by atoms with Gasteiger partial charge in [-0.1, -0.05) is 6.07 Å². The lowest BCUT2D eigenvalue weighted by atomic mass is 10.2. The minimum atomic E-state index is -3.78. The third-order valence-corrected chi connectivity index (χ3v) is 5.71. The molecule has 2 rings (SSSR count). The van der Waals surface area contributed by atoms with Gasteiger partial charge in [-0.2, -0.15) is 4.31 Å². The van der Waals surface area contributed by atoms with Crippen LogP contribution in [0.15, 0.2) is 23.1 Å². The number of aliphatic hydroxyl groups is 1. The summed E-state index contributed by atoms with van der Waals surface area (Å²) in [6.07, 6.45) is 1.88. The Morgan fingerprint density at radius 2 is 2.33 bits per heavy atom. The fourth-order valence-electron chi connectivity index (χ4n) is 2.63. The summed E-state index contributed by atoms with van der Waals surface area (Å²) in [6, 6.07) is 3.73. The van der Waals surface area contributed by atoms with Crippen LogP contribution in [0, 0.1) is 17.0 Å². The molecule has 1 saturated heterocycles. The maximum absolute atomic E-state index is 12.7. The Balaban J connectivity index is 2.34. The van der Waals surface area contributed by atoms with Gasteiger partial charge in [-0.3, -0.25) is 10.1 Å². The van der Waals surface area contributed by atoms with Gasteiger partial charge >= 0.3 is 0 Å². The van der Waals surface area contributed by atoms with Gasteiger partial charge in [0.05, 0.1) is 9.82 Å². The van der Waals surface area contributed by atoms with Gasteiger partial charge < -0.3 is 5.11 Å². The van der Waals surface area contributed by atoms with Crippen LogP contribution >= 0.6 is 0 Å². The van der Waals surface area contributed by atoms with Crippen molar-refractivity contribution in [3.05, 3.63) is 33.9 Å². The van der Waals surface area contributed by atoms with Crippen molar-refractivity contribution >= 4 is 15.7 Å². The second-order valence-corrected chi connectivity index (χ2v) is 7.00. The summed E-state index contributed by atoms with van der Waals surface area (Å²) >= 11 is 0. The molecule has 0 aromatic heterocycles. The Bertz CT molecular complexity index is 664. The molecule has 1 N–H and O–H groups in total. The summed E-state index contributed by atoms with van der Waals surface area (Å²) in [6.45, 7) is 2.11. The third kappa shape index (κ3) is 3.07. The molecule has 1 heterocycles. The average molecular weight is 315 g/mol. The van der Waals surface area contributed by atoms with Crippen LogP contribution in [-0.2, 0) is 10.0 Å². The van der Waals surface area contributed by atoms with Crippen molar-refractivity contribution in [2.24, 2.45) is 0 Å². The number of benzene rings is 1. The molecule has 1 aromatic carbocycles. The molecule has 1 aromatic rings. The van der Waals surface area contributed by atoms with Crippen molar-refractivity contribution in [3.63, 3.8) is 0 Å². The van der Waals surface area contributed by atoms with Gasteiger partial charge in [0.1, 0.15) is 0 Å². The first-order chi connectivity index (χ1) is 10.4. The SMILES string of the molecule is [2H]OCC[C@H]1CCCN1S(=O)(=O)c1ccc(C)c([N+](=O)[O-])c1. The molecule has 1 aliphatic rings. The molecule has 1 fully saturated rings. The highest BCUT2D eigenvalue weighted by Crippen LogP contribution is 2.30. The molecule has 8 heteroatoms. The molecular formula is C13H18N2O5S. The Hall–Kier alpha value is -1.51. The zero-order valence-corrected chi connectivity index (χ0v) is 12.5. The quantitative estimate of drug-likeness (QED) is 0.632. The third-order valence-electron chi connectivity index (χ3n) is 3.76. The molecule has 0 bridgehead atoms. The molecule has 1 aliphatic heterocycles. The van der Waals surface area contributed by atoms with Gasteiger partial charge in [0.25, 0.3) is 5.69 Å². The van der Waals surface area contributed by atoms with E-state index in [0.29, 0.717) is 24.9 Å². The first kappa shape index (κ1) is 14.4. The molecule has 0 amide bonds. The Labute approximate surface area is 124 Å². The lowest BCUT2D eigenvalue weighted by Crippen LogP contribution is -2.36. The zero-order chi connectivity index (χ0) is 16.3. The van der Waals surface area contributed by atoms with Crippen LogP contribution in [0.4, 0.5) is 5.69 Å². The summed E-state index contributed by atoms with van der Waals surface area (Å²) in [5, 5.41) is 15.3. The van der Waals surface area contributed by atoms with Crippen LogP contribution in [0.25, 0.3) is 0 Å². The highest BCUT2D eigenvalue weighted by atomic mass is 32.2. The Morgan fingerprint density at radius 3 is 3.00 bits per heavy atom. The zero-order valence-electron chi connectivity index (χ0n) is 12.7. The number of aliphatic hydroxyl groups excluding tert-OH is 1. The lowest BCUT2D eigenvalue weighted by molar-refractivity contribution is -0.385. The van der Waals surface area contributed by atoms with Gasteiger partial charge in [-0.15, -0.1) is 0 Å². The summed E-state index contributed by atoms with van der Waals surface area (Å²) in [5.41, 5.74) is 0.218. The van der Waals surface area contributed by atoms with Crippen LogP contribution in [0.5, 0.6) is 0 Å². The first-order valence-electron chi connectivity index (χ1n) is 7.13. The number of nitrogens with zero attached hydrogens (tertiary/aromatic N) is 2. The maximum atomic E-state index is 12.7. The van der Waals surface area contributed by atoms with Gasteiger partial charge in [0.15, 0.2) is 0 Å². The van der Waals surface area contributed by atoms with Crippen LogP contribution < -0.4 is 0 Å². The molecule has 21 heavy (non-hydrogen) atoms. The smallest absolute Gasteiger partial charge is 0.273 e. The van der Waals surface area contributed by atoms with E-state index in [2.05, 4.69) is 5.11 Å². The number of aryl methyl sites for hydroxylation is 1. The predicted octanol–water partition coefficient (Wildman–Crippen LogP) is 1.44. The van der Waals surface area contributed by atoms with Crippen molar-refractivity contribution in [3.8, 4) is 0 Å². The van der Waals surface area contributed by atoms with E-state index in [0.717, 1.165) is 12.5 Å². The van der Waals surface area contributed by atoms with E-state index in [4.69, 9.17) is 1.43 Å². The van der Waals surface area contributed by atoms with Crippen molar-refractivity contribution in [2.45, 2.75) is 37.1 Å². The maximum Gasteiger partial charge on any atom is 0.273 e. The van der Waals surface area contributed by atoms with Crippen LogP contribution in [0.3, 0.4) is 0 Å². The van der Waals surface area contributed by atoms with Gasteiger partial charge in [-0.25, -0.2) is 8.42 Å². The predicted molar refractivity (Wildman–Crippen MR) is 76.5 cm³/mol. The molecule has 7 nitrogen and oxygen atoms in total. The standard InChI is InChI=1S/C13H18N2O5S/c1-10-4-5-12(9-13(10)15(17)18)21(19,20)14-7-2-3-11(14)6-8-16/h4-5,9,11,16H,2-3,6-8H2,1H3/t11-/m1/s1/i16D. The van der Waals surface area contributed by atoms with E-state index < -0.39 is 14.9 Å². The minimum Gasteiger partial charge on any atom is -0.396 e. The number of hydrogen-bond donors (Lipinski definition) is 1. The van der Waals surface area contributed by atoms with E-state index in [1.807, 2.05) is 0 Å². The number of rotatable bonds is 6. The molecule has 0 radical (unpaired) electrons. The molecule has 1 atom stereocenters. The summed E-state index contributed by atoms with van der Waals surface area (Å²) in [7, 11) is -3.78. The van der Waals surface area contributed by atoms with E-state index in [1.54, 1.807) is 6.92 Å². The lowest BCUT2D eigenvalue weighted by Gasteiger charge is -2.23. The second kappa shape index (κ2) is 6.08. The van der Waals surface area contributed by atoms with Crippen molar-refractivity contribution in [1.29, 1.82) is 1.43 Å². The molecule has 0 aliphatic carbocycles. The van der Waals surface area contributed by atoms with E-state index >= 15 is 0 Å². The van der Waals surface area contributed by atoms with Gasteiger partial charge in [-0.05, 0) is 32.3 Å². The molecule has 0 spiro atoms. The van der Waals surface area contributed by atoms with E-state index in [1.165, 1.54) is 16.4 Å². The monoisotopic (exact) mass is 315 g/mol. The first-order valence-corrected chi connectivity index (χ1v) is 8.17. The minimum absolute atomic E-state index is 0.0662. The second-order valence-electron chi connectivity index (χ2n) is 5.11. The number of hydrogen-bond acceptors (Lipinski definition) is 5. The highest BCUT2D eigenvalue weighted by molar-refractivity contribution is 7.89. The average Bonchev–Trinajstić information content (AvgIpc) is 2.94. The van der Waals surface area contributed by atoms with Crippen LogP contribution in [0.2, 0.25) is 0 Å². The Morgan fingerprint density at radius 1 is 1.57 bits per heavy atom.